The molecule has 2 rings (SSSR count). The molecule has 0 unspecified atom stereocenters. The van der Waals surface area contributed by atoms with Crippen molar-refractivity contribution in [3.05, 3.63) is 60.8 Å². The maximum atomic E-state index is 11.7. The Morgan fingerprint density at radius 3 is 2.26 bits per heavy atom. The predicted octanol–water partition coefficient (Wildman–Crippen LogP) is 1.53. The molecule has 2 N–H and O–H groups in total. The zero-order chi connectivity index (χ0) is 14.2. The van der Waals surface area contributed by atoms with E-state index in [1.54, 1.807) is 0 Å². The second-order valence-electron chi connectivity index (χ2n) is 3.60. The van der Waals surface area contributed by atoms with E-state index in [0.717, 1.165) is 10.8 Å². The average molecular weight is 301 g/mol. The highest BCUT2D eigenvalue weighted by Gasteiger charge is 2.12. The summed E-state index contributed by atoms with van der Waals surface area (Å²) >= 11 is 11.6. The summed E-state index contributed by atoms with van der Waals surface area (Å²) < 4.78 is 0.947. The van der Waals surface area contributed by atoms with Crippen molar-refractivity contribution in [3.63, 3.8) is 0 Å². The van der Waals surface area contributed by atoms with Crippen molar-refractivity contribution in [2.45, 2.75) is 0 Å². The lowest BCUT2D eigenvalue weighted by molar-refractivity contribution is 0.0694. The van der Waals surface area contributed by atoms with Gasteiger partial charge in [-0.25, -0.2) is 9.59 Å². The number of rotatable bonds is 2. The van der Waals surface area contributed by atoms with E-state index in [0.29, 0.717) is 0 Å². The summed E-state index contributed by atoms with van der Waals surface area (Å²) in [6.45, 7) is 0. The number of hydrogen-bond donors (Lipinski definition) is 2. The standard InChI is InChI=1S/C11H6Cl2N2O4/c12-5-1-6(13)3-7(2-5)15-4-8(10(17)18)9(16)14-11(15)19/h1-4H,(H,17,18)(H,14,16,19). The summed E-state index contributed by atoms with van der Waals surface area (Å²) in [6.07, 6.45) is 0.922. The third-order valence-corrected chi connectivity index (χ3v) is 2.73. The second-order valence-corrected chi connectivity index (χ2v) is 4.48. The summed E-state index contributed by atoms with van der Waals surface area (Å²) in [6, 6.07) is 4.29. The van der Waals surface area contributed by atoms with E-state index in [2.05, 4.69) is 0 Å². The van der Waals surface area contributed by atoms with Crippen molar-refractivity contribution in [2.24, 2.45) is 0 Å². The van der Waals surface area contributed by atoms with Gasteiger partial charge in [0.2, 0.25) is 0 Å². The molecule has 0 aliphatic carbocycles. The van der Waals surface area contributed by atoms with Gasteiger partial charge in [0.05, 0.1) is 5.69 Å². The fraction of sp³-hybridized carbons (Fsp3) is 0. The molecule has 0 radical (unpaired) electrons. The summed E-state index contributed by atoms with van der Waals surface area (Å²) in [5, 5.41) is 9.40. The monoisotopic (exact) mass is 300 g/mol. The minimum absolute atomic E-state index is 0.251. The molecule has 0 saturated carbocycles. The number of carboxylic acid groups (broad SMARTS) is 1. The van der Waals surface area contributed by atoms with E-state index in [4.69, 9.17) is 28.3 Å². The van der Waals surface area contributed by atoms with Crippen LogP contribution in [0.5, 0.6) is 0 Å². The highest BCUT2D eigenvalue weighted by molar-refractivity contribution is 6.34. The Hall–Kier alpha value is -2.05. The number of hydrogen-bond acceptors (Lipinski definition) is 3. The molecular formula is C11H6Cl2N2O4. The highest BCUT2D eigenvalue weighted by atomic mass is 35.5. The van der Waals surface area contributed by atoms with Crippen LogP contribution in [0.25, 0.3) is 5.69 Å². The zero-order valence-electron chi connectivity index (χ0n) is 9.18. The number of aromatic amines is 1. The third kappa shape index (κ3) is 2.69. The lowest BCUT2D eigenvalue weighted by Crippen LogP contribution is -2.32. The number of aromatic nitrogens is 2. The molecule has 0 atom stereocenters. The first-order valence-electron chi connectivity index (χ1n) is 4.94. The van der Waals surface area contributed by atoms with Crippen molar-refractivity contribution in [1.82, 2.24) is 9.55 Å². The number of nitrogens with zero attached hydrogens (tertiary/aromatic N) is 1. The van der Waals surface area contributed by atoms with Gasteiger partial charge in [-0.05, 0) is 18.2 Å². The van der Waals surface area contributed by atoms with Crippen LogP contribution < -0.4 is 11.2 Å². The van der Waals surface area contributed by atoms with Crippen molar-refractivity contribution >= 4 is 29.2 Å². The number of carboxylic acids is 1. The normalized spacial score (nSPS) is 10.4. The Bertz CT molecular complexity index is 759. The van der Waals surface area contributed by atoms with Gasteiger partial charge in [-0.15, -0.1) is 0 Å². The first kappa shape index (κ1) is 13.4. The molecule has 0 aliphatic heterocycles. The van der Waals surface area contributed by atoms with Crippen LogP contribution in [0.2, 0.25) is 10.0 Å². The number of carbonyl (C=O) groups is 1. The quantitative estimate of drug-likeness (QED) is 0.880. The molecule has 8 heteroatoms. The second kappa shape index (κ2) is 4.91. The van der Waals surface area contributed by atoms with Crippen molar-refractivity contribution in [2.75, 3.05) is 0 Å². The summed E-state index contributed by atoms with van der Waals surface area (Å²) in [5.41, 5.74) is -2.06. The fourth-order valence-electron chi connectivity index (χ4n) is 1.49. The topological polar surface area (TPSA) is 92.2 Å². The van der Waals surface area contributed by atoms with Gasteiger partial charge >= 0.3 is 11.7 Å². The molecule has 0 aliphatic rings. The number of aromatic carboxylic acids is 1. The van der Waals surface area contributed by atoms with Gasteiger partial charge in [0, 0.05) is 16.2 Å². The van der Waals surface area contributed by atoms with Gasteiger partial charge in [0.25, 0.3) is 5.56 Å². The van der Waals surface area contributed by atoms with Crippen molar-refractivity contribution in [3.8, 4) is 5.69 Å². The first-order chi connectivity index (χ1) is 8.88. The molecule has 19 heavy (non-hydrogen) atoms. The smallest absolute Gasteiger partial charge is 0.342 e. The minimum Gasteiger partial charge on any atom is -0.477 e. The van der Waals surface area contributed by atoms with E-state index in [9.17, 15) is 14.4 Å². The lowest BCUT2D eigenvalue weighted by atomic mass is 10.3. The molecule has 0 saturated heterocycles. The first-order valence-corrected chi connectivity index (χ1v) is 5.70. The Balaban J connectivity index is 2.75. The summed E-state index contributed by atoms with van der Waals surface area (Å²) in [4.78, 5) is 35.7. The van der Waals surface area contributed by atoms with E-state index in [1.165, 1.54) is 18.2 Å². The van der Waals surface area contributed by atoms with E-state index in [-0.39, 0.29) is 15.7 Å². The SMILES string of the molecule is O=C(O)c1cn(-c2cc(Cl)cc(Cl)c2)c(=O)[nH]c1=O. The fourth-order valence-corrected chi connectivity index (χ4v) is 2.01. The van der Waals surface area contributed by atoms with Crippen LogP contribution >= 0.6 is 23.2 Å². The van der Waals surface area contributed by atoms with Crippen LogP contribution in [0.4, 0.5) is 0 Å². The number of benzene rings is 1. The average Bonchev–Trinajstić information content (AvgIpc) is 2.26. The van der Waals surface area contributed by atoms with Gasteiger partial charge in [-0.1, -0.05) is 23.2 Å². The van der Waals surface area contributed by atoms with Crippen molar-refractivity contribution in [1.29, 1.82) is 0 Å². The van der Waals surface area contributed by atoms with Gasteiger partial charge < -0.3 is 5.11 Å². The summed E-state index contributed by atoms with van der Waals surface area (Å²) in [7, 11) is 0. The molecule has 6 nitrogen and oxygen atoms in total. The van der Waals surface area contributed by atoms with Crippen LogP contribution in [0.15, 0.2) is 34.0 Å². The van der Waals surface area contributed by atoms with Gasteiger partial charge in [-0.3, -0.25) is 14.3 Å². The minimum atomic E-state index is -1.44. The number of nitrogens with one attached hydrogen (secondary N) is 1. The molecule has 1 aromatic carbocycles. The van der Waals surface area contributed by atoms with Crippen molar-refractivity contribution < 1.29 is 9.90 Å². The Morgan fingerprint density at radius 2 is 1.74 bits per heavy atom. The number of H-pyrrole nitrogens is 1. The zero-order valence-corrected chi connectivity index (χ0v) is 10.7. The van der Waals surface area contributed by atoms with E-state index >= 15 is 0 Å². The van der Waals surface area contributed by atoms with Crippen LogP contribution in [-0.4, -0.2) is 20.6 Å². The van der Waals surface area contributed by atoms with Gasteiger partial charge in [-0.2, -0.15) is 0 Å². The van der Waals surface area contributed by atoms with Crippen LogP contribution in [0.3, 0.4) is 0 Å². The maximum Gasteiger partial charge on any atom is 0.342 e. The molecule has 0 bridgehead atoms. The molecular weight excluding hydrogens is 295 g/mol. The van der Waals surface area contributed by atoms with E-state index in [1.807, 2.05) is 4.98 Å². The van der Waals surface area contributed by atoms with Crippen LogP contribution in [0.1, 0.15) is 10.4 Å². The van der Waals surface area contributed by atoms with Gasteiger partial charge in [0.15, 0.2) is 0 Å². The highest BCUT2D eigenvalue weighted by Crippen LogP contribution is 2.20. The third-order valence-electron chi connectivity index (χ3n) is 2.30. The molecule has 0 amide bonds. The Morgan fingerprint density at radius 1 is 1.16 bits per heavy atom. The molecule has 98 valence electrons. The molecule has 2 aromatic rings. The molecule has 1 heterocycles. The Labute approximate surface area is 115 Å². The van der Waals surface area contributed by atoms with Gasteiger partial charge in [0.1, 0.15) is 5.56 Å². The maximum absolute atomic E-state index is 11.7. The van der Waals surface area contributed by atoms with Crippen LogP contribution in [-0.2, 0) is 0 Å². The predicted molar refractivity (Wildman–Crippen MR) is 69.6 cm³/mol. The molecule has 0 spiro atoms. The molecule has 0 fully saturated rings. The summed E-state index contributed by atoms with van der Waals surface area (Å²) in [5.74, 6) is -1.44. The largest absolute Gasteiger partial charge is 0.477 e. The van der Waals surface area contributed by atoms with E-state index < -0.39 is 22.8 Å². The number of halogens is 2. The molecule has 1 aromatic heterocycles. The van der Waals surface area contributed by atoms with Crippen LogP contribution in [0, 0.1) is 0 Å². The Kier molecular flexibility index (Phi) is 3.46. The lowest BCUT2D eigenvalue weighted by Gasteiger charge is -2.07.